The van der Waals surface area contributed by atoms with Crippen molar-refractivity contribution in [3.63, 3.8) is 0 Å². The van der Waals surface area contributed by atoms with Crippen LogP contribution in [0.3, 0.4) is 0 Å². The van der Waals surface area contributed by atoms with Gasteiger partial charge in [-0.15, -0.1) is 0 Å². The predicted molar refractivity (Wildman–Crippen MR) is 148 cm³/mol. The van der Waals surface area contributed by atoms with Crippen LogP contribution in [0, 0.1) is 6.92 Å². The van der Waals surface area contributed by atoms with Gasteiger partial charge < -0.3 is 19.7 Å². The standard InChI is InChI=1S/C31H33N3O5/c1-21-7-6-8-22(19-21)20-34-27(30(36)33-17-4-3-5-18-33)28(39-31(34)37)23-9-13-25(14-10-23)32-29(35)24-11-15-26(38-2)16-12-24/h6-16,19,27-28H,3-5,17-18,20H2,1-2H3,(H,32,35). The van der Waals surface area contributed by atoms with Crippen LogP contribution < -0.4 is 10.1 Å². The minimum Gasteiger partial charge on any atom is -0.497 e. The average Bonchev–Trinajstić information content (AvgIpc) is 3.29. The second-order valence-electron chi connectivity index (χ2n) is 10.1. The number of piperidine rings is 1. The normalized spacial score (nSPS) is 19.0. The molecule has 202 valence electrons. The van der Waals surface area contributed by atoms with Gasteiger partial charge in [0.05, 0.1) is 13.7 Å². The maximum absolute atomic E-state index is 13.8. The second kappa shape index (κ2) is 11.6. The Morgan fingerprint density at radius 3 is 2.36 bits per heavy atom. The fraction of sp³-hybridized carbons (Fsp3) is 0.323. The number of carbonyl (C=O) groups is 3. The van der Waals surface area contributed by atoms with Crippen molar-refractivity contribution in [3.8, 4) is 5.75 Å². The zero-order valence-electron chi connectivity index (χ0n) is 22.3. The van der Waals surface area contributed by atoms with Gasteiger partial charge in [-0.05, 0) is 73.7 Å². The highest BCUT2D eigenvalue weighted by Gasteiger charge is 2.48. The van der Waals surface area contributed by atoms with Gasteiger partial charge in [0.15, 0.2) is 12.1 Å². The number of rotatable bonds is 7. The lowest BCUT2D eigenvalue weighted by atomic mass is 9.98. The van der Waals surface area contributed by atoms with Crippen molar-refractivity contribution in [2.75, 3.05) is 25.5 Å². The number of ether oxygens (including phenoxy) is 2. The summed E-state index contributed by atoms with van der Waals surface area (Å²) in [6, 6.07) is 21.1. The number of benzene rings is 3. The number of nitrogens with one attached hydrogen (secondary N) is 1. The fourth-order valence-electron chi connectivity index (χ4n) is 5.20. The Kier molecular flexibility index (Phi) is 7.81. The molecule has 0 bridgehead atoms. The first-order valence-electron chi connectivity index (χ1n) is 13.3. The third kappa shape index (κ3) is 5.90. The van der Waals surface area contributed by atoms with Crippen molar-refractivity contribution in [1.29, 1.82) is 0 Å². The van der Waals surface area contributed by atoms with Crippen molar-refractivity contribution < 1.29 is 23.9 Å². The van der Waals surface area contributed by atoms with Crippen molar-refractivity contribution in [2.24, 2.45) is 0 Å². The number of hydrogen-bond acceptors (Lipinski definition) is 5. The van der Waals surface area contributed by atoms with E-state index in [2.05, 4.69) is 5.32 Å². The maximum Gasteiger partial charge on any atom is 0.411 e. The topological polar surface area (TPSA) is 88.2 Å². The molecule has 2 saturated heterocycles. The van der Waals surface area contributed by atoms with Gasteiger partial charge in [-0.2, -0.15) is 0 Å². The molecule has 3 aromatic rings. The van der Waals surface area contributed by atoms with Crippen LogP contribution in [-0.4, -0.2) is 53.9 Å². The molecule has 0 radical (unpaired) electrons. The number of anilines is 1. The lowest BCUT2D eigenvalue weighted by molar-refractivity contribution is -0.137. The summed E-state index contributed by atoms with van der Waals surface area (Å²) < 4.78 is 11.0. The third-order valence-electron chi connectivity index (χ3n) is 7.29. The molecule has 2 unspecified atom stereocenters. The molecule has 39 heavy (non-hydrogen) atoms. The lowest BCUT2D eigenvalue weighted by Crippen LogP contribution is -2.49. The van der Waals surface area contributed by atoms with Crippen LogP contribution >= 0.6 is 0 Å². The minimum absolute atomic E-state index is 0.0879. The summed E-state index contributed by atoms with van der Waals surface area (Å²) in [6.45, 7) is 3.66. The van der Waals surface area contributed by atoms with E-state index in [1.807, 2.05) is 36.1 Å². The van der Waals surface area contributed by atoms with Crippen LogP contribution in [0.5, 0.6) is 5.75 Å². The van der Waals surface area contributed by atoms with E-state index in [4.69, 9.17) is 9.47 Å². The molecule has 1 N–H and O–H groups in total. The first-order valence-corrected chi connectivity index (χ1v) is 13.3. The Bertz CT molecular complexity index is 1330. The number of aryl methyl sites for hydroxylation is 1. The Morgan fingerprint density at radius 2 is 1.69 bits per heavy atom. The molecule has 3 aromatic carbocycles. The van der Waals surface area contributed by atoms with E-state index in [1.165, 1.54) is 0 Å². The minimum atomic E-state index is -0.768. The molecule has 5 rings (SSSR count). The second-order valence-corrected chi connectivity index (χ2v) is 10.1. The first-order chi connectivity index (χ1) is 18.9. The van der Waals surface area contributed by atoms with Gasteiger partial charge in [0.25, 0.3) is 5.91 Å². The van der Waals surface area contributed by atoms with Crippen molar-refractivity contribution in [1.82, 2.24) is 9.80 Å². The van der Waals surface area contributed by atoms with Crippen LogP contribution in [-0.2, 0) is 16.1 Å². The Balaban J connectivity index is 1.36. The summed E-state index contributed by atoms with van der Waals surface area (Å²) in [7, 11) is 1.57. The van der Waals surface area contributed by atoms with Gasteiger partial charge in [0.1, 0.15) is 5.75 Å². The zero-order chi connectivity index (χ0) is 27.4. The van der Waals surface area contributed by atoms with E-state index in [0.29, 0.717) is 35.7 Å². The lowest BCUT2D eigenvalue weighted by Gasteiger charge is -2.33. The highest BCUT2D eigenvalue weighted by Crippen LogP contribution is 2.36. The van der Waals surface area contributed by atoms with Gasteiger partial charge >= 0.3 is 6.09 Å². The number of hydrogen-bond donors (Lipinski definition) is 1. The molecule has 2 fully saturated rings. The van der Waals surface area contributed by atoms with E-state index in [-0.39, 0.29) is 18.4 Å². The number of cyclic esters (lactones) is 1. The number of amides is 3. The Labute approximate surface area is 228 Å². The van der Waals surface area contributed by atoms with E-state index in [9.17, 15) is 14.4 Å². The molecular formula is C31H33N3O5. The number of carbonyl (C=O) groups excluding carboxylic acids is 3. The van der Waals surface area contributed by atoms with Crippen molar-refractivity contribution >= 4 is 23.6 Å². The fourth-order valence-corrected chi connectivity index (χ4v) is 5.20. The van der Waals surface area contributed by atoms with Crippen LogP contribution in [0.4, 0.5) is 10.5 Å². The number of methoxy groups -OCH3 is 1. The SMILES string of the molecule is COc1ccc(C(=O)Nc2ccc(C3OC(=O)N(Cc4cccc(C)c4)C3C(=O)N3CCCCC3)cc2)cc1. The van der Waals surface area contributed by atoms with E-state index < -0.39 is 18.2 Å². The van der Waals surface area contributed by atoms with E-state index in [1.54, 1.807) is 60.5 Å². The summed E-state index contributed by atoms with van der Waals surface area (Å²) >= 11 is 0. The van der Waals surface area contributed by atoms with Crippen LogP contribution in [0.25, 0.3) is 0 Å². The molecule has 3 amide bonds. The number of nitrogens with zero attached hydrogens (tertiary/aromatic N) is 2. The van der Waals surface area contributed by atoms with E-state index in [0.717, 1.165) is 30.4 Å². The van der Waals surface area contributed by atoms with Crippen LogP contribution in [0.15, 0.2) is 72.8 Å². The largest absolute Gasteiger partial charge is 0.497 e. The summed E-state index contributed by atoms with van der Waals surface area (Å²) in [5, 5.41) is 2.88. The van der Waals surface area contributed by atoms with Crippen LogP contribution in [0.1, 0.15) is 52.4 Å². The Morgan fingerprint density at radius 1 is 0.974 bits per heavy atom. The van der Waals surface area contributed by atoms with Crippen molar-refractivity contribution in [2.45, 2.75) is 44.9 Å². The molecule has 2 heterocycles. The van der Waals surface area contributed by atoms with Crippen LogP contribution in [0.2, 0.25) is 0 Å². The zero-order valence-corrected chi connectivity index (χ0v) is 22.3. The molecule has 2 atom stereocenters. The average molecular weight is 528 g/mol. The monoisotopic (exact) mass is 527 g/mol. The molecule has 2 aliphatic rings. The quantitative estimate of drug-likeness (QED) is 0.449. The smallest absolute Gasteiger partial charge is 0.411 e. The number of likely N-dealkylation sites (tertiary alicyclic amines) is 1. The first kappa shape index (κ1) is 26.3. The Hall–Kier alpha value is -4.33. The highest BCUT2D eigenvalue weighted by molar-refractivity contribution is 6.04. The predicted octanol–water partition coefficient (Wildman–Crippen LogP) is 5.33. The van der Waals surface area contributed by atoms with Gasteiger partial charge in [-0.25, -0.2) is 4.79 Å². The molecule has 0 aliphatic carbocycles. The molecule has 0 saturated carbocycles. The third-order valence-corrected chi connectivity index (χ3v) is 7.29. The summed E-state index contributed by atoms with van der Waals surface area (Å²) in [4.78, 5) is 43.0. The highest BCUT2D eigenvalue weighted by atomic mass is 16.6. The van der Waals surface area contributed by atoms with E-state index >= 15 is 0 Å². The van der Waals surface area contributed by atoms with Gasteiger partial charge in [0, 0.05) is 24.3 Å². The molecule has 8 heteroatoms. The van der Waals surface area contributed by atoms with Gasteiger partial charge in [-0.3, -0.25) is 14.5 Å². The molecule has 2 aliphatic heterocycles. The van der Waals surface area contributed by atoms with Gasteiger partial charge in [0.2, 0.25) is 5.91 Å². The summed E-state index contributed by atoms with van der Waals surface area (Å²) in [5.74, 6) is 0.336. The molecular weight excluding hydrogens is 494 g/mol. The maximum atomic E-state index is 13.8. The molecule has 0 spiro atoms. The summed E-state index contributed by atoms with van der Waals surface area (Å²) in [5.41, 5.74) is 3.83. The summed E-state index contributed by atoms with van der Waals surface area (Å²) in [6.07, 6.45) is 1.76. The van der Waals surface area contributed by atoms with Gasteiger partial charge in [-0.1, -0.05) is 42.0 Å². The molecule has 8 nitrogen and oxygen atoms in total. The molecule has 0 aromatic heterocycles. The van der Waals surface area contributed by atoms with Crippen molar-refractivity contribution in [3.05, 3.63) is 95.1 Å².